The highest BCUT2D eigenvalue weighted by Gasteiger charge is 2.14. The molecule has 1 aliphatic heterocycles. The van der Waals surface area contributed by atoms with Gasteiger partial charge in [0.2, 0.25) is 0 Å². The minimum Gasteiger partial charge on any atom is -0.492 e. The van der Waals surface area contributed by atoms with Crippen LogP contribution in [-0.2, 0) is 6.42 Å². The fraction of sp³-hybridized carbons (Fsp3) is 0.538. The molecule has 1 aromatic carbocycles. The Hall–Kier alpha value is -1.02. The van der Waals surface area contributed by atoms with Gasteiger partial charge in [0.05, 0.1) is 0 Å². The summed E-state index contributed by atoms with van der Waals surface area (Å²) < 4.78 is 5.85. The molecule has 82 valence electrons. The van der Waals surface area contributed by atoms with Crippen molar-refractivity contribution in [2.75, 3.05) is 13.2 Å². The number of hydrogen-bond donors (Lipinski definition) is 1. The van der Waals surface area contributed by atoms with Crippen molar-refractivity contribution in [1.29, 1.82) is 0 Å². The first kappa shape index (κ1) is 10.5. The molecule has 1 aromatic rings. The Balaban J connectivity index is 1.91. The number of aryl methyl sites for hydroxylation is 1. The number of para-hydroxylation sites is 1. The number of nitrogens with one attached hydrogen (secondary N) is 1. The van der Waals surface area contributed by atoms with Gasteiger partial charge in [0.25, 0.3) is 0 Å². The SMILES string of the molecule is CCc1ccccc1OC[C@@H]1CCCN1. The first-order valence-electron chi connectivity index (χ1n) is 5.84. The number of hydrogen-bond acceptors (Lipinski definition) is 2. The lowest BCUT2D eigenvalue weighted by atomic mass is 10.1. The minimum atomic E-state index is 0.551. The van der Waals surface area contributed by atoms with Crippen LogP contribution >= 0.6 is 0 Å². The molecule has 2 nitrogen and oxygen atoms in total. The molecule has 1 saturated heterocycles. The maximum absolute atomic E-state index is 5.85. The van der Waals surface area contributed by atoms with Gasteiger partial charge in [0.1, 0.15) is 12.4 Å². The van der Waals surface area contributed by atoms with Crippen LogP contribution in [0.2, 0.25) is 0 Å². The number of ether oxygens (including phenoxy) is 1. The van der Waals surface area contributed by atoms with E-state index < -0.39 is 0 Å². The standard InChI is InChI=1S/C13H19NO/c1-2-11-6-3-4-8-13(11)15-10-12-7-5-9-14-12/h3-4,6,8,12,14H,2,5,7,9-10H2,1H3/t12-/m0/s1. The van der Waals surface area contributed by atoms with Crippen LogP contribution in [0.25, 0.3) is 0 Å². The molecule has 0 bridgehead atoms. The Morgan fingerprint density at radius 3 is 3.00 bits per heavy atom. The van der Waals surface area contributed by atoms with Gasteiger partial charge in [-0.15, -0.1) is 0 Å². The molecule has 1 aliphatic rings. The zero-order chi connectivity index (χ0) is 10.5. The highest BCUT2D eigenvalue weighted by molar-refractivity contribution is 5.33. The predicted octanol–water partition coefficient (Wildman–Crippen LogP) is 2.38. The Morgan fingerprint density at radius 2 is 2.27 bits per heavy atom. The molecule has 0 radical (unpaired) electrons. The van der Waals surface area contributed by atoms with E-state index in [4.69, 9.17) is 4.74 Å². The normalized spacial score (nSPS) is 20.5. The van der Waals surface area contributed by atoms with Gasteiger partial charge in [-0.2, -0.15) is 0 Å². The molecule has 0 aromatic heterocycles. The summed E-state index contributed by atoms with van der Waals surface area (Å²) >= 11 is 0. The van der Waals surface area contributed by atoms with Crippen molar-refractivity contribution >= 4 is 0 Å². The van der Waals surface area contributed by atoms with Gasteiger partial charge in [-0.1, -0.05) is 25.1 Å². The molecule has 2 heteroatoms. The lowest BCUT2D eigenvalue weighted by molar-refractivity contribution is 0.275. The molecule has 1 fully saturated rings. The lowest BCUT2D eigenvalue weighted by Gasteiger charge is -2.14. The van der Waals surface area contributed by atoms with Crippen molar-refractivity contribution in [1.82, 2.24) is 5.32 Å². The van der Waals surface area contributed by atoms with Crippen molar-refractivity contribution in [3.8, 4) is 5.75 Å². The average molecular weight is 205 g/mol. The largest absolute Gasteiger partial charge is 0.492 e. The van der Waals surface area contributed by atoms with Gasteiger partial charge in [-0.05, 0) is 37.4 Å². The van der Waals surface area contributed by atoms with Crippen LogP contribution in [0.4, 0.5) is 0 Å². The number of rotatable bonds is 4. The summed E-state index contributed by atoms with van der Waals surface area (Å²) in [5.74, 6) is 1.05. The minimum absolute atomic E-state index is 0.551. The van der Waals surface area contributed by atoms with Crippen molar-refractivity contribution in [3.05, 3.63) is 29.8 Å². The van der Waals surface area contributed by atoms with Crippen LogP contribution in [0.15, 0.2) is 24.3 Å². The second kappa shape index (κ2) is 5.17. The van der Waals surface area contributed by atoms with Crippen molar-refractivity contribution < 1.29 is 4.74 Å². The quantitative estimate of drug-likeness (QED) is 0.815. The van der Waals surface area contributed by atoms with Gasteiger partial charge in [0, 0.05) is 6.04 Å². The maximum atomic E-state index is 5.85. The molecule has 0 spiro atoms. The van der Waals surface area contributed by atoms with Crippen LogP contribution in [0, 0.1) is 0 Å². The lowest BCUT2D eigenvalue weighted by Crippen LogP contribution is -2.28. The Labute approximate surface area is 91.6 Å². The fourth-order valence-corrected chi connectivity index (χ4v) is 2.03. The van der Waals surface area contributed by atoms with E-state index in [-0.39, 0.29) is 0 Å². The Kier molecular flexibility index (Phi) is 3.62. The van der Waals surface area contributed by atoms with E-state index in [9.17, 15) is 0 Å². The van der Waals surface area contributed by atoms with Gasteiger partial charge in [-0.3, -0.25) is 0 Å². The maximum Gasteiger partial charge on any atom is 0.122 e. The highest BCUT2D eigenvalue weighted by Crippen LogP contribution is 2.19. The molecule has 0 unspecified atom stereocenters. The molecule has 1 heterocycles. The van der Waals surface area contributed by atoms with Crippen molar-refractivity contribution in [2.24, 2.45) is 0 Å². The fourth-order valence-electron chi connectivity index (χ4n) is 2.03. The van der Waals surface area contributed by atoms with Crippen molar-refractivity contribution in [2.45, 2.75) is 32.2 Å². The van der Waals surface area contributed by atoms with Crippen LogP contribution < -0.4 is 10.1 Å². The van der Waals surface area contributed by atoms with Crippen LogP contribution in [0.3, 0.4) is 0 Å². The second-order valence-electron chi connectivity index (χ2n) is 4.07. The third-order valence-corrected chi connectivity index (χ3v) is 2.96. The van der Waals surface area contributed by atoms with Gasteiger partial charge < -0.3 is 10.1 Å². The Morgan fingerprint density at radius 1 is 1.40 bits per heavy atom. The first-order valence-corrected chi connectivity index (χ1v) is 5.84. The molecule has 2 rings (SSSR count). The Bertz CT molecular complexity index is 305. The second-order valence-corrected chi connectivity index (χ2v) is 4.07. The molecule has 0 amide bonds. The predicted molar refractivity (Wildman–Crippen MR) is 62.3 cm³/mol. The highest BCUT2D eigenvalue weighted by atomic mass is 16.5. The summed E-state index contributed by atoms with van der Waals surface area (Å²) in [6.45, 7) is 4.11. The van der Waals surface area contributed by atoms with E-state index in [0.717, 1.165) is 25.3 Å². The van der Waals surface area contributed by atoms with E-state index in [2.05, 4.69) is 30.4 Å². The molecule has 0 saturated carbocycles. The summed E-state index contributed by atoms with van der Waals surface area (Å²) in [6, 6.07) is 8.86. The van der Waals surface area contributed by atoms with E-state index in [1.54, 1.807) is 0 Å². The van der Waals surface area contributed by atoms with Gasteiger partial charge >= 0.3 is 0 Å². The molecular weight excluding hydrogens is 186 g/mol. The molecule has 1 N–H and O–H groups in total. The molecule has 1 atom stereocenters. The monoisotopic (exact) mass is 205 g/mol. The third-order valence-electron chi connectivity index (χ3n) is 2.96. The van der Waals surface area contributed by atoms with Crippen molar-refractivity contribution in [3.63, 3.8) is 0 Å². The molecule has 15 heavy (non-hydrogen) atoms. The van der Waals surface area contributed by atoms with E-state index in [1.165, 1.54) is 18.4 Å². The van der Waals surface area contributed by atoms with E-state index >= 15 is 0 Å². The number of benzene rings is 1. The summed E-state index contributed by atoms with van der Waals surface area (Å²) in [4.78, 5) is 0. The van der Waals surface area contributed by atoms with Gasteiger partial charge in [0.15, 0.2) is 0 Å². The first-order chi connectivity index (χ1) is 7.40. The van der Waals surface area contributed by atoms with Gasteiger partial charge in [-0.25, -0.2) is 0 Å². The molecular formula is C13H19NO. The zero-order valence-corrected chi connectivity index (χ0v) is 9.33. The van der Waals surface area contributed by atoms with Crippen LogP contribution in [0.5, 0.6) is 5.75 Å². The van der Waals surface area contributed by atoms with E-state index in [0.29, 0.717) is 6.04 Å². The summed E-state index contributed by atoms with van der Waals surface area (Å²) in [6.07, 6.45) is 3.56. The zero-order valence-electron chi connectivity index (χ0n) is 9.33. The summed E-state index contributed by atoms with van der Waals surface area (Å²) in [7, 11) is 0. The average Bonchev–Trinajstić information content (AvgIpc) is 2.79. The topological polar surface area (TPSA) is 21.3 Å². The third kappa shape index (κ3) is 2.72. The van der Waals surface area contributed by atoms with Crippen LogP contribution in [0.1, 0.15) is 25.3 Å². The summed E-state index contributed by atoms with van der Waals surface area (Å²) in [5, 5.41) is 3.44. The van der Waals surface area contributed by atoms with E-state index in [1.807, 2.05) is 6.07 Å². The smallest absolute Gasteiger partial charge is 0.122 e. The molecule has 0 aliphatic carbocycles. The van der Waals surface area contributed by atoms with Crippen LogP contribution in [-0.4, -0.2) is 19.2 Å². The summed E-state index contributed by atoms with van der Waals surface area (Å²) in [5.41, 5.74) is 1.30.